The fourth-order valence-corrected chi connectivity index (χ4v) is 3.44. The molecule has 0 aliphatic carbocycles. The summed E-state index contributed by atoms with van der Waals surface area (Å²) in [6.07, 6.45) is 0.813. The highest BCUT2D eigenvalue weighted by Gasteiger charge is 2.11. The van der Waals surface area contributed by atoms with Gasteiger partial charge >= 0.3 is 5.69 Å². The maximum Gasteiger partial charge on any atom is 0.343 e. The molecule has 1 heterocycles. The number of anilines is 1. The average Bonchev–Trinajstić information content (AvgIpc) is 3.04. The zero-order valence-electron chi connectivity index (χ0n) is 15.1. The van der Waals surface area contributed by atoms with E-state index in [9.17, 15) is 9.59 Å². The van der Waals surface area contributed by atoms with E-state index in [4.69, 9.17) is 4.74 Å². The Kier molecular flexibility index (Phi) is 6.94. The second-order valence-electron chi connectivity index (χ2n) is 5.88. The van der Waals surface area contributed by atoms with E-state index >= 15 is 0 Å². The summed E-state index contributed by atoms with van der Waals surface area (Å²) >= 11 is 4.60. The summed E-state index contributed by atoms with van der Waals surface area (Å²) in [5.74, 6) is 1.39. The number of ether oxygens (including phenoxy) is 1. The fraction of sp³-hybridized carbons (Fsp3) is 0.211. The molecule has 3 rings (SSSR count). The van der Waals surface area contributed by atoms with E-state index < -0.39 is 0 Å². The van der Waals surface area contributed by atoms with Crippen LogP contribution in [-0.2, 0) is 11.3 Å². The summed E-state index contributed by atoms with van der Waals surface area (Å²) in [4.78, 5) is 23.8. The number of nitrogens with zero attached hydrogens (tertiary/aromatic N) is 2. The van der Waals surface area contributed by atoms with Gasteiger partial charge in [0.05, 0.1) is 5.75 Å². The van der Waals surface area contributed by atoms with Crippen molar-refractivity contribution in [2.75, 3.05) is 11.1 Å². The molecule has 0 aliphatic rings. The van der Waals surface area contributed by atoms with E-state index in [2.05, 4.69) is 31.4 Å². The highest BCUT2D eigenvalue weighted by Crippen LogP contribution is 2.24. The van der Waals surface area contributed by atoms with Gasteiger partial charge in [0.2, 0.25) is 5.91 Å². The van der Waals surface area contributed by atoms with Crippen molar-refractivity contribution in [3.8, 4) is 11.5 Å². The molecule has 0 spiro atoms. The van der Waals surface area contributed by atoms with Crippen LogP contribution in [-0.4, -0.2) is 26.4 Å². The smallest absolute Gasteiger partial charge is 0.343 e. The zero-order valence-corrected chi connectivity index (χ0v) is 17.5. The molecule has 0 atom stereocenters. The van der Waals surface area contributed by atoms with E-state index in [0.717, 1.165) is 16.6 Å². The summed E-state index contributed by atoms with van der Waals surface area (Å²) in [7, 11) is 0. The van der Waals surface area contributed by atoms with Gasteiger partial charge in [0.25, 0.3) is 0 Å². The van der Waals surface area contributed by atoms with E-state index in [0.29, 0.717) is 23.1 Å². The van der Waals surface area contributed by atoms with Gasteiger partial charge in [0.1, 0.15) is 11.5 Å². The van der Waals surface area contributed by atoms with Crippen molar-refractivity contribution in [1.82, 2.24) is 14.8 Å². The third-order valence-corrected chi connectivity index (χ3v) is 5.20. The lowest BCUT2D eigenvalue weighted by Gasteiger charge is -2.08. The molecular weight excluding hydrogens is 444 g/mol. The number of thioether (sulfide) groups is 1. The van der Waals surface area contributed by atoms with Gasteiger partial charge in [-0.05, 0) is 55.0 Å². The number of amides is 1. The molecule has 0 saturated carbocycles. The first-order chi connectivity index (χ1) is 13.5. The number of H-pyrrole nitrogens is 1. The highest BCUT2D eigenvalue weighted by atomic mass is 79.9. The van der Waals surface area contributed by atoms with Crippen molar-refractivity contribution in [3.05, 3.63) is 63.5 Å². The summed E-state index contributed by atoms with van der Waals surface area (Å²) < 4.78 is 8.27. The van der Waals surface area contributed by atoms with Gasteiger partial charge in [-0.25, -0.2) is 9.89 Å². The van der Waals surface area contributed by atoms with E-state index in [1.165, 1.54) is 16.3 Å². The van der Waals surface area contributed by atoms with Crippen molar-refractivity contribution in [1.29, 1.82) is 0 Å². The predicted molar refractivity (Wildman–Crippen MR) is 113 cm³/mol. The standard InChI is InChI=1S/C19H19BrN4O3S/c1-2-11-24-18(26)22-23-19(24)28-12-17(25)21-14-5-9-16(10-6-14)27-15-7-3-13(20)4-8-15/h3-10H,2,11-12H2,1H3,(H,21,25)(H,22,26). The lowest BCUT2D eigenvalue weighted by Crippen LogP contribution is -2.18. The molecule has 0 fully saturated rings. The lowest BCUT2D eigenvalue weighted by molar-refractivity contribution is -0.113. The molecule has 7 nitrogen and oxygen atoms in total. The number of halogens is 1. The molecule has 3 aromatic rings. The van der Waals surface area contributed by atoms with Gasteiger partial charge in [0.15, 0.2) is 5.16 Å². The Bertz CT molecular complexity index is 984. The van der Waals surface area contributed by atoms with Crippen molar-refractivity contribution in [2.45, 2.75) is 25.0 Å². The number of aromatic nitrogens is 3. The molecule has 28 heavy (non-hydrogen) atoms. The minimum absolute atomic E-state index is 0.158. The molecule has 0 bridgehead atoms. The first-order valence-corrected chi connectivity index (χ1v) is 10.4. The molecular formula is C19H19BrN4O3S. The Labute approximate surface area is 174 Å². The Morgan fingerprint density at radius 2 is 1.82 bits per heavy atom. The van der Waals surface area contributed by atoms with Crippen LogP contribution < -0.4 is 15.7 Å². The van der Waals surface area contributed by atoms with Crippen molar-refractivity contribution in [2.24, 2.45) is 0 Å². The zero-order chi connectivity index (χ0) is 19.9. The molecule has 1 aromatic heterocycles. The molecule has 0 unspecified atom stereocenters. The average molecular weight is 463 g/mol. The number of nitrogens with one attached hydrogen (secondary N) is 2. The third-order valence-electron chi connectivity index (χ3n) is 3.69. The Morgan fingerprint density at radius 3 is 2.46 bits per heavy atom. The summed E-state index contributed by atoms with van der Waals surface area (Å²) in [6.45, 7) is 2.55. The van der Waals surface area contributed by atoms with Crippen LogP contribution in [0.15, 0.2) is 63.0 Å². The maximum atomic E-state index is 12.2. The minimum atomic E-state index is -0.258. The van der Waals surface area contributed by atoms with Gasteiger partial charge in [-0.15, -0.1) is 5.10 Å². The number of rotatable bonds is 8. The highest BCUT2D eigenvalue weighted by molar-refractivity contribution is 9.10. The minimum Gasteiger partial charge on any atom is -0.457 e. The molecule has 2 N–H and O–H groups in total. The van der Waals surface area contributed by atoms with Crippen LogP contribution in [0.25, 0.3) is 0 Å². The Balaban J connectivity index is 1.53. The Morgan fingerprint density at radius 1 is 1.18 bits per heavy atom. The second kappa shape index (κ2) is 9.61. The molecule has 2 aromatic carbocycles. The number of aromatic amines is 1. The first-order valence-electron chi connectivity index (χ1n) is 8.66. The number of carbonyl (C=O) groups is 1. The van der Waals surface area contributed by atoms with Crippen LogP contribution in [0.3, 0.4) is 0 Å². The van der Waals surface area contributed by atoms with E-state index in [1.807, 2.05) is 31.2 Å². The van der Waals surface area contributed by atoms with Crippen LogP contribution in [0.2, 0.25) is 0 Å². The van der Waals surface area contributed by atoms with Crippen molar-refractivity contribution in [3.63, 3.8) is 0 Å². The van der Waals surface area contributed by atoms with Gasteiger partial charge in [-0.3, -0.25) is 9.36 Å². The van der Waals surface area contributed by atoms with Crippen LogP contribution >= 0.6 is 27.7 Å². The first kappa shape index (κ1) is 20.2. The van der Waals surface area contributed by atoms with E-state index in [1.54, 1.807) is 24.3 Å². The van der Waals surface area contributed by atoms with Gasteiger partial charge in [-0.1, -0.05) is 34.6 Å². The Hall–Kier alpha value is -2.52. The lowest BCUT2D eigenvalue weighted by atomic mass is 10.3. The largest absolute Gasteiger partial charge is 0.457 e. The topological polar surface area (TPSA) is 89.0 Å². The quantitative estimate of drug-likeness (QED) is 0.488. The van der Waals surface area contributed by atoms with Crippen LogP contribution in [0, 0.1) is 0 Å². The summed E-state index contributed by atoms with van der Waals surface area (Å²) in [5, 5.41) is 9.71. The number of hydrogen-bond acceptors (Lipinski definition) is 5. The number of benzene rings is 2. The number of carbonyl (C=O) groups excluding carboxylic acids is 1. The van der Waals surface area contributed by atoms with Crippen LogP contribution in [0.4, 0.5) is 5.69 Å². The van der Waals surface area contributed by atoms with Crippen molar-refractivity contribution < 1.29 is 9.53 Å². The normalized spacial score (nSPS) is 10.6. The molecule has 9 heteroatoms. The summed E-state index contributed by atoms with van der Waals surface area (Å²) in [6, 6.07) is 14.7. The predicted octanol–water partition coefficient (Wildman–Crippen LogP) is 4.27. The molecule has 146 valence electrons. The molecule has 0 saturated heterocycles. The second-order valence-corrected chi connectivity index (χ2v) is 7.74. The van der Waals surface area contributed by atoms with Crippen LogP contribution in [0.5, 0.6) is 11.5 Å². The summed E-state index contributed by atoms with van der Waals surface area (Å²) in [5.41, 5.74) is 0.410. The molecule has 0 radical (unpaired) electrons. The van der Waals surface area contributed by atoms with Gasteiger partial charge < -0.3 is 10.1 Å². The maximum absolute atomic E-state index is 12.2. The van der Waals surface area contributed by atoms with Gasteiger partial charge in [0, 0.05) is 16.7 Å². The van der Waals surface area contributed by atoms with E-state index in [-0.39, 0.29) is 17.3 Å². The van der Waals surface area contributed by atoms with Gasteiger partial charge in [-0.2, -0.15) is 0 Å². The third kappa shape index (κ3) is 5.49. The van der Waals surface area contributed by atoms with Crippen LogP contribution in [0.1, 0.15) is 13.3 Å². The van der Waals surface area contributed by atoms with Crippen molar-refractivity contribution >= 4 is 39.3 Å². The molecule has 1 amide bonds. The molecule has 0 aliphatic heterocycles. The number of hydrogen-bond donors (Lipinski definition) is 2. The fourth-order valence-electron chi connectivity index (χ4n) is 2.41. The monoisotopic (exact) mass is 462 g/mol. The SMILES string of the molecule is CCCn1c(SCC(=O)Nc2ccc(Oc3ccc(Br)cc3)cc2)n[nH]c1=O.